The quantitative estimate of drug-likeness (QED) is 0.723. The molecule has 1 unspecified atom stereocenters. The van der Waals surface area contributed by atoms with Gasteiger partial charge in [0.05, 0.1) is 6.61 Å². The minimum Gasteiger partial charge on any atom is -0.461 e. The summed E-state index contributed by atoms with van der Waals surface area (Å²) in [5, 5.41) is 0. The molecule has 1 aliphatic heterocycles. The monoisotopic (exact) mass is 224 g/mol. The number of hydrogen-bond acceptors (Lipinski definition) is 3. The molecule has 0 aliphatic carbocycles. The predicted molar refractivity (Wildman–Crippen MR) is 55.9 cm³/mol. The zero-order valence-corrected chi connectivity index (χ0v) is 9.03. The van der Waals surface area contributed by atoms with Crippen LogP contribution in [-0.4, -0.2) is 18.4 Å². The van der Waals surface area contributed by atoms with Crippen molar-refractivity contribution in [2.24, 2.45) is 0 Å². The van der Waals surface area contributed by atoms with Crippen molar-refractivity contribution in [3.8, 4) is 5.75 Å². The van der Waals surface area contributed by atoms with Crippen LogP contribution in [0.5, 0.6) is 5.75 Å². The maximum Gasteiger partial charge on any atom is 0.384 e. The fraction of sp³-hybridized carbons (Fsp3) is 0.417. The smallest absolute Gasteiger partial charge is 0.384 e. The van der Waals surface area contributed by atoms with Crippen LogP contribution in [0, 0.1) is 0 Å². The SMILES string of the molecule is CCOC(=O)C1(F)CCc2ccccc2O1. The number of hydrogen-bond donors (Lipinski definition) is 0. The molecule has 1 aromatic carbocycles. The molecule has 86 valence electrons. The van der Waals surface area contributed by atoms with Crippen molar-refractivity contribution in [1.82, 2.24) is 0 Å². The summed E-state index contributed by atoms with van der Waals surface area (Å²) in [6, 6.07) is 7.12. The molecular formula is C12H13FO3. The average Bonchev–Trinajstić information content (AvgIpc) is 2.29. The number of benzene rings is 1. The molecule has 0 N–H and O–H groups in total. The van der Waals surface area contributed by atoms with Crippen LogP contribution in [0.3, 0.4) is 0 Å². The van der Waals surface area contributed by atoms with E-state index in [1.807, 2.05) is 12.1 Å². The van der Waals surface area contributed by atoms with Crippen molar-refractivity contribution in [1.29, 1.82) is 0 Å². The fourth-order valence-electron chi connectivity index (χ4n) is 1.71. The first kappa shape index (κ1) is 10.9. The third-order valence-electron chi connectivity index (χ3n) is 2.54. The van der Waals surface area contributed by atoms with Gasteiger partial charge in [-0.1, -0.05) is 18.2 Å². The topological polar surface area (TPSA) is 35.5 Å². The summed E-state index contributed by atoms with van der Waals surface area (Å²) in [6.07, 6.45) is 0.480. The van der Waals surface area contributed by atoms with Gasteiger partial charge in [-0.15, -0.1) is 0 Å². The summed E-state index contributed by atoms with van der Waals surface area (Å²) >= 11 is 0. The van der Waals surface area contributed by atoms with Gasteiger partial charge in [-0.25, -0.2) is 4.79 Å². The molecule has 3 nitrogen and oxygen atoms in total. The lowest BCUT2D eigenvalue weighted by molar-refractivity contribution is -0.183. The lowest BCUT2D eigenvalue weighted by atomic mass is 10.0. The molecule has 1 aromatic rings. The number of rotatable bonds is 2. The third kappa shape index (κ3) is 1.87. The first-order chi connectivity index (χ1) is 7.65. The Kier molecular flexibility index (Phi) is 2.81. The summed E-state index contributed by atoms with van der Waals surface area (Å²) in [6.45, 7) is 1.79. The van der Waals surface area contributed by atoms with E-state index in [-0.39, 0.29) is 13.0 Å². The van der Waals surface area contributed by atoms with E-state index in [1.165, 1.54) is 0 Å². The van der Waals surface area contributed by atoms with Crippen LogP contribution in [0.4, 0.5) is 4.39 Å². The Hall–Kier alpha value is -1.58. The first-order valence-electron chi connectivity index (χ1n) is 5.29. The van der Waals surface area contributed by atoms with Crippen molar-refractivity contribution >= 4 is 5.97 Å². The van der Waals surface area contributed by atoms with Crippen molar-refractivity contribution in [2.45, 2.75) is 25.6 Å². The highest BCUT2D eigenvalue weighted by Crippen LogP contribution is 2.34. The maximum atomic E-state index is 14.1. The number of carbonyl (C=O) groups is 1. The van der Waals surface area contributed by atoms with Gasteiger partial charge in [-0.3, -0.25) is 0 Å². The van der Waals surface area contributed by atoms with Gasteiger partial charge in [0.1, 0.15) is 5.75 Å². The molecule has 16 heavy (non-hydrogen) atoms. The van der Waals surface area contributed by atoms with Crippen molar-refractivity contribution in [3.63, 3.8) is 0 Å². The molecule has 0 fully saturated rings. The minimum absolute atomic E-state index is 0.00282. The molecule has 0 radical (unpaired) electrons. The number of halogens is 1. The Morgan fingerprint density at radius 2 is 2.31 bits per heavy atom. The van der Waals surface area contributed by atoms with Crippen LogP contribution in [0.15, 0.2) is 24.3 Å². The predicted octanol–water partition coefficient (Wildman–Crippen LogP) is 2.24. The molecule has 2 rings (SSSR count). The van der Waals surface area contributed by atoms with E-state index in [4.69, 9.17) is 4.74 Å². The molecule has 0 saturated heterocycles. The van der Waals surface area contributed by atoms with Gasteiger partial charge in [-0.2, -0.15) is 4.39 Å². The number of aryl methyl sites for hydroxylation is 1. The van der Waals surface area contributed by atoms with Gasteiger partial charge in [0, 0.05) is 6.42 Å². The van der Waals surface area contributed by atoms with Gasteiger partial charge in [0.2, 0.25) is 0 Å². The molecule has 0 saturated carbocycles. The van der Waals surface area contributed by atoms with E-state index in [0.29, 0.717) is 12.2 Å². The molecule has 0 aromatic heterocycles. The Bertz CT molecular complexity index is 405. The van der Waals surface area contributed by atoms with Gasteiger partial charge in [0.25, 0.3) is 0 Å². The van der Waals surface area contributed by atoms with E-state index >= 15 is 0 Å². The summed E-state index contributed by atoms with van der Waals surface area (Å²) in [7, 11) is 0. The Labute approximate surface area is 93.2 Å². The van der Waals surface area contributed by atoms with Crippen molar-refractivity contribution < 1.29 is 18.7 Å². The zero-order valence-electron chi connectivity index (χ0n) is 9.03. The van der Waals surface area contributed by atoms with Crippen LogP contribution < -0.4 is 4.74 Å². The number of alkyl halides is 1. The van der Waals surface area contributed by atoms with Crippen molar-refractivity contribution in [3.05, 3.63) is 29.8 Å². The van der Waals surface area contributed by atoms with Crippen LogP contribution in [0.1, 0.15) is 18.9 Å². The van der Waals surface area contributed by atoms with Gasteiger partial charge < -0.3 is 9.47 Å². The highest BCUT2D eigenvalue weighted by molar-refractivity contribution is 5.78. The number of para-hydroxylation sites is 1. The van der Waals surface area contributed by atoms with Crippen LogP contribution in [0.25, 0.3) is 0 Å². The third-order valence-corrected chi connectivity index (χ3v) is 2.54. The molecule has 1 heterocycles. The minimum atomic E-state index is -2.33. The number of esters is 1. The fourth-order valence-corrected chi connectivity index (χ4v) is 1.71. The van der Waals surface area contributed by atoms with Crippen molar-refractivity contribution in [2.75, 3.05) is 6.61 Å². The Morgan fingerprint density at radius 3 is 3.06 bits per heavy atom. The molecule has 0 bridgehead atoms. The Morgan fingerprint density at radius 1 is 1.56 bits per heavy atom. The molecular weight excluding hydrogens is 211 g/mol. The normalized spacial score (nSPS) is 23.1. The summed E-state index contributed by atoms with van der Waals surface area (Å²) in [5.41, 5.74) is 0.917. The van der Waals surface area contributed by atoms with E-state index in [1.54, 1.807) is 19.1 Å². The number of carbonyl (C=O) groups excluding carboxylic acids is 1. The second-order valence-corrected chi connectivity index (χ2v) is 3.66. The van der Waals surface area contributed by atoms with Crippen LogP contribution in [0.2, 0.25) is 0 Å². The summed E-state index contributed by atoms with van der Waals surface area (Å²) < 4.78 is 23.9. The summed E-state index contributed by atoms with van der Waals surface area (Å²) in [4.78, 5) is 11.4. The second-order valence-electron chi connectivity index (χ2n) is 3.66. The van der Waals surface area contributed by atoms with E-state index in [9.17, 15) is 9.18 Å². The standard InChI is InChI=1S/C12H13FO3/c1-2-15-11(14)12(13)8-7-9-5-3-4-6-10(9)16-12/h3-6H,2,7-8H2,1H3. The summed E-state index contributed by atoms with van der Waals surface area (Å²) in [5.74, 6) is -2.85. The number of ether oxygens (including phenoxy) is 2. The van der Waals surface area contributed by atoms with E-state index in [2.05, 4.69) is 4.74 Å². The lowest BCUT2D eigenvalue weighted by Gasteiger charge is -2.29. The molecule has 0 amide bonds. The maximum absolute atomic E-state index is 14.1. The molecule has 0 spiro atoms. The zero-order chi connectivity index (χ0) is 11.6. The molecule has 1 aliphatic rings. The number of fused-ring (bicyclic) bond motifs is 1. The highest BCUT2D eigenvalue weighted by atomic mass is 19.2. The second kappa shape index (κ2) is 4.12. The van der Waals surface area contributed by atoms with Gasteiger partial charge in [0.15, 0.2) is 0 Å². The lowest BCUT2D eigenvalue weighted by Crippen LogP contribution is -2.44. The van der Waals surface area contributed by atoms with E-state index in [0.717, 1.165) is 5.56 Å². The van der Waals surface area contributed by atoms with E-state index < -0.39 is 11.8 Å². The van der Waals surface area contributed by atoms with Gasteiger partial charge in [-0.05, 0) is 25.0 Å². The average molecular weight is 224 g/mol. The first-order valence-corrected chi connectivity index (χ1v) is 5.29. The molecule has 4 heteroatoms. The highest BCUT2D eigenvalue weighted by Gasteiger charge is 2.45. The van der Waals surface area contributed by atoms with Gasteiger partial charge >= 0.3 is 11.8 Å². The van der Waals surface area contributed by atoms with Crippen LogP contribution >= 0.6 is 0 Å². The Balaban J connectivity index is 2.21. The molecule has 1 atom stereocenters. The van der Waals surface area contributed by atoms with Crippen LogP contribution in [-0.2, 0) is 16.0 Å². The largest absolute Gasteiger partial charge is 0.461 e.